The number of hydrogen-bond acceptors (Lipinski definition) is 2. The molecule has 1 aliphatic heterocycles. The molecule has 5 heteroatoms. The summed E-state index contributed by atoms with van der Waals surface area (Å²) >= 11 is 0. The molecule has 0 bridgehead atoms. The predicted octanol–water partition coefficient (Wildman–Crippen LogP) is 1.83. The van der Waals surface area contributed by atoms with Crippen molar-refractivity contribution < 1.29 is 18.7 Å². The van der Waals surface area contributed by atoms with Crippen molar-refractivity contribution in [3.63, 3.8) is 0 Å². The van der Waals surface area contributed by atoms with Gasteiger partial charge in [-0.15, -0.1) is 0 Å². The fourth-order valence-corrected chi connectivity index (χ4v) is 1.81. The highest BCUT2D eigenvalue weighted by molar-refractivity contribution is 5.70. The fourth-order valence-electron chi connectivity index (χ4n) is 1.81. The molecule has 0 saturated carbocycles. The average molecular weight is 221 g/mol. The Bertz CT molecular complexity index is 228. The third-order valence-corrected chi connectivity index (χ3v) is 2.72. The van der Waals surface area contributed by atoms with Gasteiger partial charge in [-0.2, -0.15) is 0 Å². The van der Waals surface area contributed by atoms with E-state index in [1.54, 1.807) is 0 Å². The SMILES string of the molecule is CC(F)(F)CCN1CCCC(C(=O)O)C1. The van der Waals surface area contributed by atoms with Gasteiger partial charge < -0.3 is 10.0 Å². The van der Waals surface area contributed by atoms with Crippen LogP contribution in [0.2, 0.25) is 0 Å². The summed E-state index contributed by atoms with van der Waals surface area (Å²) in [6, 6.07) is 0. The molecular formula is C10H17F2NO2. The van der Waals surface area contributed by atoms with Gasteiger partial charge in [0.05, 0.1) is 5.92 Å². The van der Waals surface area contributed by atoms with Gasteiger partial charge in [-0.1, -0.05) is 0 Å². The van der Waals surface area contributed by atoms with Crippen molar-refractivity contribution >= 4 is 5.97 Å². The smallest absolute Gasteiger partial charge is 0.307 e. The summed E-state index contributed by atoms with van der Waals surface area (Å²) in [6.45, 7) is 2.32. The van der Waals surface area contributed by atoms with E-state index in [9.17, 15) is 13.6 Å². The minimum absolute atomic E-state index is 0.195. The summed E-state index contributed by atoms with van der Waals surface area (Å²) in [6.07, 6.45) is 1.25. The van der Waals surface area contributed by atoms with Gasteiger partial charge in [0.25, 0.3) is 0 Å². The molecule has 88 valence electrons. The van der Waals surface area contributed by atoms with Gasteiger partial charge in [0.2, 0.25) is 5.92 Å². The van der Waals surface area contributed by atoms with Crippen molar-refractivity contribution in [2.75, 3.05) is 19.6 Å². The van der Waals surface area contributed by atoms with E-state index in [0.29, 0.717) is 13.0 Å². The molecule has 0 amide bonds. The molecule has 1 heterocycles. The summed E-state index contributed by atoms with van der Waals surface area (Å²) in [5.41, 5.74) is 0. The summed E-state index contributed by atoms with van der Waals surface area (Å²) < 4.78 is 25.2. The van der Waals surface area contributed by atoms with Crippen molar-refractivity contribution in [3.8, 4) is 0 Å². The van der Waals surface area contributed by atoms with Crippen LogP contribution in [0.15, 0.2) is 0 Å². The number of hydrogen-bond donors (Lipinski definition) is 1. The standard InChI is InChI=1S/C10H17F2NO2/c1-10(11,12)4-6-13-5-2-3-8(7-13)9(14)15/h8H,2-7H2,1H3,(H,14,15). The maximum Gasteiger partial charge on any atom is 0.307 e. The first-order chi connectivity index (χ1) is 6.88. The Hall–Kier alpha value is -0.710. The molecule has 1 atom stereocenters. The third kappa shape index (κ3) is 4.55. The van der Waals surface area contributed by atoms with E-state index in [2.05, 4.69) is 0 Å². The molecular weight excluding hydrogens is 204 g/mol. The molecule has 0 radical (unpaired) electrons. The number of halogens is 2. The van der Waals surface area contributed by atoms with Gasteiger partial charge >= 0.3 is 5.97 Å². The van der Waals surface area contributed by atoms with Gasteiger partial charge in [-0.25, -0.2) is 8.78 Å². The molecule has 0 aromatic carbocycles. The second kappa shape index (κ2) is 4.88. The molecule has 0 aliphatic carbocycles. The number of aliphatic carboxylic acids is 1. The largest absolute Gasteiger partial charge is 0.481 e. The monoisotopic (exact) mass is 221 g/mol. The van der Waals surface area contributed by atoms with Crippen LogP contribution in [-0.2, 0) is 4.79 Å². The van der Waals surface area contributed by atoms with E-state index in [0.717, 1.165) is 19.9 Å². The number of likely N-dealkylation sites (tertiary alicyclic amines) is 1. The first-order valence-electron chi connectivity index (χ1n) is 5.21. The van der Waals surface area contributed by atoms with Gasteiger partial charge in [0.1, 0.15) is 0 Å². The molecule has 1 N–H and O–H groups in total. The highest BCUT2D eigenvalue weighted by atomic mass is 19.3. The van der Waals surface area contributed by atoms with E-state index in [1.165, 1.54) is 0 Å². The molecule has 15 heavy (non-hydrogen) atoms. The van der Waals surface area contributed by atoms with Crippen molar-refractivity contribution in [2.45, 2.75) is 32.1 Å². The molecule has 1 fully saturated rings. The number of alkyl halides is 2. The van der Waals surface area contributed by atoms with Crippen molar-refractivity contribution in [2.24, 2.45) is 5.92 Å². The Morgan fingerprint density at radius 2 is 2.27 bits per heavy atom. The zero-order valence-corrected chi connectivity index (χ0v) is 8.88. The normalized spacial score (nSPS) is 24.1. The van der Waals surface area contributed by atoms with Gasteiger partial charge in [-0.3, -0.25) is 4.79 Å². The molecule has 1 unspecified atom stereocenters. The van der Waals surface area contributed by atoms with Crippen molar-refractivity contribution in [1.29, 1.82) is 0 Å². The lowest BCUT2D eigenvalue weighted by Crippen LogP contribution is -2.40. The molecule has 1 rings (SSSR count). The predicted molar refractivity (Wildman–Crippen MR) is 52.0 cm³/mol. The zero-order chi connectivity index (χ0) is 11.5. The van der Waals surface area contributed by atoms with Crippen LogP contribution in [0.3, 0.4) is 0 Å². The van der Waals surface area contributed by atoms with Crippen LogP contribution >= 0.6 is 0 Å². The number of carboxylic acids is 1. The summed E-state index contributed by atoms with van der Waals surface area (Å²) in [7, 11) is 0. The topological polar surface area (TPSA) is 40.5 Å². The van der Waals surface area contributed by atoms with E-state index in [-0.39, 0.29) is 18.9 Å². The van der Waals surface area contributed by atoms with Gasteiger partial charge in [0, 0.05) is 19.5 Å². The summed E-state index contributed by atoms with van der Waals surface area (Å²) in [4.78, 5) is 12.5. The summed E-state index contributed by atoms with van der Waals surface area (Å²) in [5.74, 6) is -3.86. The number of piperidine rings is 1. The Morgan fingerprint density at radius 1 is 1.60 bits per heavy atom. The van der Waals surface area contributed by atoms with E-state index >= 15 is 0 Å². The van der Waals surface area contributed by atoms with Crippen molar-refractivity contribution in [3.05, 3.63) is 0 Å². The lowest BCUT2D eigenvalue weighted by Gasteiger charge is -2.31. The Labute approximate surface area is 88.1 Å². The van der Waals surface area contributed by atoms with E-state index < -0.39 is 11.9 Å². The molecule has 0 aromatic rings. The van der Waals surface area contributed by atoms with Crippen molar-refractivity contribution in [1.82, 2.24) is 4.90 Å². The van der Waals surface area contributed by atoms with Gasteiger partial charge in [-0.05, 0) is 26.3 Å². The van der Waals surface area contributed by atoms with Crippen LogP contribution in [0.25, 0.3) is 0 Å². The minimum Gasteiger partial charge on any atom is -0.481 e. The molecule has 3 nitrogen and oxygen atoms in total. The quantitative estimate of drug-likeness (QED) is 0.787. The maximum atomic E-state index is 12.6. The van der Waals surface area contributed by atoms with Crippen LogP contribution in [0.1, 0.15) is 26.2 Å². The van der Waals surface area contributed by atoms with Gasteiger partial charge in [0.15, 0.2) is 0 Å². The highest BCUT2D eigenvalue weighted by Crippen LogP contribution is 2.21. The molecule has 1 saturated heterocycles. The molecule has 1 aliphatic rings. The Balaban J connectivity index is 2.34. The Kier molecular flexibility index (Phi) is 4.02. The number of carbonyl (C=O) groups is 1. The molecule has 0 spiro atoms. The number of rotatable bonds is 4. The third-order valence-electron chi connectivity index (χ3n) is 2.72. The minimum atomic E-state index is -2.66. The average Bonchev–Trinajstić information content (AvgIpc) is 2.14. The number of carboxylic acid groups (broad SMARTS) is 1. The molecule has 0 aromatic heterocycles. The first-order valence-corrected chi connectivity index (χ1v) is 5.21. The maximum absolute atomic E-state index is 12.6. The van der Waals surface area contributed by atoms with Crippen LogP contribution < -0.4 is 0 Å². The summed E-state index contributed by atoms with van der Waals surface area (Å²) in [5, 5.41) is 8.81. The highest BCUT2D eigenvalue weighted by Gasteiger charge is 2.28. The fraction of sp³-hybridized carbons (Fsp3) is 0.900. The zero-order valence-electron chi connectivity index (χ0n) is 8.88. The van der Waals surface area contributed by atoms with E-state index in [1.807, 2.05) is 4.90 Å². The lowest BCUT2D eigenvalue weighted by atomic mass is 9.98. The van der Waals surface area contributed by atoms with Crippen LogP contribution in [0, 0.1) is 5.92 Å². The number of nitrogens with zero attached hydrogens (tertiary/aromatic N) is 1. The van der Waals surface area contributed by atoms with Crippen LogP contribution in [-0.4, -0.2) is 41.5 Å². The van der Waals surface area contributed by atoms with E-state index in [4.69, 9.17) is 5.11 Å². The van der Waals surface area contributed by atoms with Crippen LogP contribution in [0.5, 0.6) is 0 Å². The Morgan fingerprint density at radius 3 is 2.80 bits per heavy atom. The second-order valence-electron chi connectivity index (χ2n) is 4.30. The first kappa shape index (κ1) is 12.4. The lowest BCUT2D eigenvalue weighted by molar-refractivity contribution is -0.143. The van der Waals surface area contributed by atoms with Crippen LogP contribution in [0.4, 0.5) is 8.78 Å². The second-order valence-corrected chi connectivity index (χ2v) is 4.30.